The molecule has 2 aliphatic rings. The molecule has 17 heavy (non-hydrogen) atoms. The molecule has 4 heteroatoms. The van der Waals surface area contributed by atoms with Crippen LogP contribution >= 0.6 is 0 Å². The number of hydrogen-bond donors (Lipinski definition) is 0. The second kappa shape index (κ2) is 6.36. The van der Waals surface area contributed by atoms with Crippen LogP contribution in [0.25, 0.3) is 0 Å². The number of ether oxygens (including phenoxy) is 1. The summed E-state index contributed by atoms with van der Waals surface area (Å²) in [6, 6.07) is 0. The van der Waals surface area contributed by atoms with E-state index in [1.165, 1.54) is 19.4 Å². The Bertz CT molecular complexity index is 244. The van der Waals surface area contributed by atoms with Crippen molar-refractivity contribution in [3.05, 3.63) is 0 Å². The Morgan fingerprint density at radius 2 is 1.82 bits per heavy atom. The zero-order chi connectivity index (χ0) is 12.1. The van der Waals surface area contributed by atoms with E-state index in [9.17, 15) is 4.79 Å². The first-order chi connectivity index (χ1) is 8.29. The fourth-order valence-corrected chi connectivity index (χ4v) is 2.70. The summed E-state index contributed by atoms with van der Waals surface area (Å²) in [5.74, 6) is 1.10. The van der Waals surface area contributed by atoms with E-state index in [0.29, 0.717) is 12.3 Å². The highest BCUT2D eigenvalue weighted by molar-refractivity contribution is 5.75. The minimum Gasteiger partial charge on any atom is -0.381 e. The van der Waals surface area contributed by atoms with E-state index >= 15 is 0 Å². The lowest BCUT2D eigenvalue weighted by atomic mass is 9.99. The second-order valence-corrected chi connectivity index (χ2v) is 5.09. The average Bonchev–Trinajstić information content (AvgIpc) is 2.40. The maximum Gasteiger partial charge on any atom is 0.222 e. The van der Waals surface area contributed by atoms with Gasteiger partial charge in [0, 0.05) is 52.4 Å². The van der Waals surface area contributed by atoms with Crippen LogP contribution in [0.1, 0.15) is 26.2 Å². The molecule has 0 aromatic carbocycles. The highest BCUT2D eigenvalue weighted by atomic mass is 16.5. The smallest absolute Gasteiger partial charge is 0.222 e. The van der Waals surface area contributed by atoms with E-state index < -0.39 is 0 Å². The zero-order valence-electron chi connectivity index (χ0n) is 10.9. The van der Waals surface area contributed by atoms with Crippen LogP contribution in [0.4, 0.5) is 0 Å². The van der Waals surface area contributed by atoms with Crippen LogP contribution in [0.15, 0.2) is 0 Å². The first-order valence-corrected chi connectivity index (χ1v) is 6.87. The molecule has 4 nitrogen and oxygen atoms in total. The predicted molar refractivity (Wildman–Crippen MR) is 66.9 cm³/mol. The normalized spacial score (nSPS) is 23.9. The standard InChI is InChI=1S/C13H24N2O2/c1-2-13(16)15-7-5-14(6-8-15)11-12-3-9-17-10-4-12/h12H,2-11H2,1H3. The molecule has 2 rings (SSSR count). The first kappa shape index (κ1) is 12.8. The molecule has 0 aliphatic carbocycles. The molecule has 0 saturated carbocycles. The van der Waals surface area contributed by atoms with Crippen molar-refractivity contribution in [3.63, 3.8) is 0 Å². The molecule has 0 bridgehead atoms. The summed E-state index contributed by atoms with van der Waals surface area (Å²) in [4.78, 5) is 16.1. The molecule has 0 N–H and O–H groups in total. The van der Waals surface area contributed by atoms with Gasteiger partial charge in [-0.1, -0.05) is 6.92 Å². The van der Waals surface area contributed by atoms with Gasteiger partial charge in [0.15, 0.2) is 0 Å². The number of carbonyl (C=O) groups excluding carboxylic acids is 1. The van der Waals surface area contributed by atoms with Crippen molar-refractivity contribution in [1.29, 1.82) is 0 Å². The summed E-state index contributed by atoms with van der Waals surface area (Å²) in [6.45, 7) is 8.91. The van der Waals surface area contributed by atoms with E-state index in [0.717, 1.165) is 45.3 Å². The maximum atomic E-state index is 11.6. The van der Waals surface area contributed by atoms with Crippen molar-refractivity contribution in [1.82, 2.24) is 9.80 Å². The average molecular weight is 240 g/mol. The number of rotatable bonds is 3. The molecule has 0 radical (unpaired) electrons. The topological polar surface area (TPSA) is 32.8 Å². The van der Waals surface area contributed by atoms with Crippen molar-refractivity contribution < 1.29 is 9.53 Å². The largest absolute Gasteiger partial charge is 0.381 e. The Morgan fingerprint density at radius 3 is 2.41 bits per heavy atom. The summed E-state index contributed by atoms with van der Waals surface area (Å²) >= 11 is 0. The Labute approximate surface area is 104 Å². The minimum atomic E-state index is 0.302. The SMILES string of the molecule is CCC(=O)N1CCN(CC2CCOCC2)CC1. The van der Waals surface area contributed by atoms with Gasteiger partial charge in [-0.05, 0) is 18.8 Å². The third-order valence-electron chi connectivity index (χ3n) is 3.88. The van der Waals surface area contributed by atoms with Crippen molar-refractivity contribution in [2.75, 3.05) is 45.9 Å². The molecule has 0 atom stereocenters. The lowest BCUT2D eigenvalue weighted by Crippen LogP contribution is -2.49. The van der Waals surface area contributed by atoms with Crippen LogP contribution in [0.5, 0.6) is 0 Å². The summed E-state index contributed by atoms with van der Waals surface area (Å²) < 4.78 is 5.38. The molecule has 2 aliphatic heterocycles. The van der Waals surface area contributed by atoms with Crippen LogP contribution in [0.3, 0.4) is 0 Å². The number of amides is 1. The number of piperazine rings is 1. The number of hydrogen-bond acceptors (Lipinski definition) is 3. The van der Waals surface area contributed by atoms with E-state index in [1.54, 1.807) is 0 Å². The minimum absolute atomic E-state index is 0.302. The van der Waals surface area contributed by atoms with E-state index in [2.05, 4.69) is 4.90 Å². The van der Waals surface area contributed by atoms with Crippen LogP contribution in [0, 0.1) is 5.92 Å². The molecule has 2 heterocycles. The van der Waals surface area contributed by atoms with Gasteiger partial charge in [-0.15, -0.1) is 0 Å². The van der Waals surface area contributed by atoms with Gasteiger partial charge in [-0.2, -0.15) is 0 Å². The fourth-order valence-electron chi connectivity index (χ4n) is 2.70. The second-order valence-electron chi connectivity index (χ2n) is 5.09. The van der Waals surface area contributed by atoms with Gasteiger partial charge in [-0.3, -0.25) is 9.69 Å². The third kappa shape index (κ3) is 3.68. The lowest BCUT2D eigenvalue weighted by molar-refractivity contribution is -0.132. The molecular weight excluding hydrogens is 216 g/mol. The molecule has 2 saturated heterocycles. The molecule has 0 aromatic heterocycles. The zero-order valence-corrected chi connectivity index (χ0v) is 10.9. The number of carbonyl (C=O) groups is 1. The number of nitrogens with zero attached hydrogens (tertiary/aromatic N) is 2. The Hall–Kier alpha value is -0.610. The Morgan fingerprint density at radius 1 is 1.18 bits per heavy atom. The van der Waals surface area contributed by atoms with Crippen LogP contribution in [0.2, 0.25) is 0 Å². The summed E-state index contributed by atoms with van der Waals surface area (Å²) in [7, 11) is 0. The Kier molecular flexibility index (Phi) is 4.80. The summed E-state index contributed by atoms with van der Waals surface area (Å²) in [5.41, 5.74) is 0. The van der Waals surface area contributed by atoms with E-state index in [1.807, 2.05) is 11.8 Å². The first-order valence-electron chi connectivity index (χ1n) is 6.87. The van der Waals surface area contributed by atoms with Gasteiger partial charge in [-0.25, -0.2) is 0 Å². The van der Waals surface area contributed by atoms with Crippen molar-refractivity contribution >= 4 is 5.91 Å². The van der Waals surface area contributed by atoms with Gasteiger partial charge in [0.2, 0.25) is 5.91 Å². The third-order valence-corrected chi connectivity index (χ3v) is 3.88. The molecule has 0 spiro atoms. The van der Waals surface area contributed by atoms with Gasteiger partial charge in [0.1, 0.15) is 0 Å². The maximum absolute atomic E-state index is 11.6. The van der Waals surface area contributed by atoms with Crippen LogP contribution < -0.4 is 0 Å². The highest BCUT2D eigenvalue weighted by Crippen LogP contribution is 2.17. The van der Waals surface area contributed by atoms with Crippen LogP contribution in [-0.4, -0.2) is 61.6 Å². The molecule has 98 valence electrons. The molecule has 1 amide bonds. The Balaban J connectivity index is 1.69. The predicted octanol–water partition coefficient (Wildman–Crippen LogP) is 0.967. The monoisotopic (exact) mass is 240 g/mol. The van der Waals surface area contributed by atoms with Gasteiger partial charge in [0.25, 0.3) is 0 Å². The van der Waals surface area contributed by atoms with Crippen molar-refractivity contribution in [2.24, 2.45) is 5.92 Å². The van der Waals surface area contributed by atoms with Crippen molar-refractivity contribution in [2.45, 2.75) is 26.2 Å². The molecule has 2 fully saturated rings. The summed E-state index contributed by atoms with van der Waals surface area (Å²) in [5, 5.41) is 0. The summed E-state index contributed by atoms with van der Waals surface area (Å²) in [6.07, 6.45) is 3.04. The van der Waals surface area contributed by atoms with E-state index in [4.69, 9.17) is 4.74 Å². The van der Waals surface area contributed by atoms with Gasteiger partial charge < -0.3 is 9.64 Å². The fraction of sp³-hybridized carbons (Fsp3) is 0.923. The van der Waals surface area contributed by atoms with Gasteiger partial charge >= 0.3 is 0 Å². The quantitative estimate of drug-likeness (QED) is 0.737. The lowest BCUT2D eigenvalue weighted by Gasteiger charge is -2.37. The van der Waals surface area contributed by atoms with E-state index in [-0.39, 0.29) is 0 Å². The van der Waals surface area contributed by atoms with Gasteiger partial charge in [0.05, 0.1) is 0 Å². The van der Waals surface area contributed by atoms with Crippen LogP contribution in [-0.2, 0) is 9.53 Å². The molecule has 0 unspecified atom stereocenters. The highest BCUT2D eigenvalue weighted by Gasteiger charge is 2.23. The molecule has 0 aromatic rings. The van der Waals surface area contributed by atoms with Crippen molar-refractivity contribution in [3.8, 4) is 0 Å². The molecular formula is C13H24N2O2.